The Bertz CT molecular complexity index is 575. The highest BCUT2D eigenvalue weighted by Crippen LogP contribution is 2.27. The van der Waals surface area contributed by atoms with E-state index in [1.165, 1.54) is 11.3 Å². The van der Waals surface area contributed by atoms with Crippen LogP contribution in [0.15, 0.2) is 18.2 Å². The van der Waals surface area contributed by atoms with Gasteiger partial charge in [-0.2, -0.15) is 11.8 Å². The first-order chi connectivity index (χ1) is 9.29. The minimum Gasteiger partial charge on any atom is -0.327 e. The highest BCUT2D eigenvalue weighted by atomic mass is 35.5. The summed E-state index contributed by atoms with van der Waals surface area (Å²) < 4.78 is 2.34. The van der Waals surface area contributed by atoms with Gasteiger partial charge in [-0.15, -0.1) is 0 Å². The van der Waals surface area contributed by atoms with Gasteiger partial charge < -0.3 is 9.88 Å². The zero-order valence-corrected chi connectivity index (χ0v) is 12.6. The van der Waals surface area contributed by atoms with E-state index in [1.54, 1.807) is 0 Å². The molecule has 0 amide bonds. The summed E-state index contributed by atoms with van der Waals surface area (Å²) in [6, 6.07) is 6.35. The molecule has 0 bridgehead atoms. The van der Waals surface area contributed by atoms with Gasteiger partial charge in [0.15, 0.2) is 0 Å². The quantitative estimate of drug-likeness (QED) is 0.940. The predicted octanol–water partition coefficient (Wildman–Crippen LogP) is 3.48. The van der Waals surface area contributed by atoms with Crippen molar-refractivity contribution in [2.24, 2.45) is 0 Å². The molecule has 102 valence electrons. The van der Waals surface area contributed by atoms with Crippen molar-refractivity contribution >= 4 is 34.4 Å². The first-order valence-electron chi connectivity index (χ1n) is 6.76. The van der Waals surface area contributed by atoms with Crippen LogP contribution in [0.1, 0.15) is 25.2 Å². The highest BCUT2D eigenvalue weighted by Gasteiger charge is 2.22. The minimum absolute atomic E-state index is 0.358. The number of benzene rings is 1. The van der Waals surface area contributed by atoms with E-state index >= 15 is 0 Å². The van der Waals surface area contributed by atoms with Crippen LogP contribution in [-0.4, -0.2) is 27.6 Å². The number of aromatic nitrogens is 2. The van der Waals surface area contributed by atoms with E-state index in [9.17, 15) is 0 Å². The van der Waals surface area contributed by atoms with Crippen LogP contribution in [0, 0.1) is 0 Å². The molecule has 0 spiro atoms. The fraction of sp³-hybridized carbons (Fsp3) is 0.500. The molecule has 19 heavy (non-hydrogen) atoms. The fourth-order valence-electron chi connectivity index (χ4n) is 2.58. The van der Waals surface area contributed by atoms with Crippen molar-refractivity contribution in [3.8, 4) is 0 Å². The Labute approximate surface area is 122 Å². The molecule has 5 heteroatoms. The molecule has 0 saturated carbocycles. The van der Waals surface area contributed by atoms with Crippen molar-refractivity contribution in [1.82, 2.24) is 14.9 Å². The van der Waals surface area contributed by atoms with Crippen molar-refractivity contribution in [2.75, 3.05) is 18.1 Å². The van der Waals surface area contributed by atoms with Crippen LogP contribution in [0.3, 0.4) is 0 Å². The average molecular weight is 296 g/mol. The molecule has 2 heterocycles. The van der Waals surface area contributed by atoms with Gasteiger partial charge in [-0.25, -0.2) is 4.98 Å². The maximum atomic E-state index is 6.07. The van der Waals surface area contributed by atoms with Crippen LogP contribution in [0.2, 0.25) is 5.02 Å². The Morgan fingerprint density at radius 3 is 3.16 bits per heavy atom. The monoisotopic (exact) mass is 295 g/mol. The number of hydrogen-bond donors (Lipinski definition) is 1. The van der Waals surface area contributed by atoms with Crippen LogP contribution < -0.4 is 5.32 Å². The summed E-state index contributed by atoms with van der Waals surface area (Å²) in [7, 11) is 0. The third kappa shape index (κ3) is 2.62. The summed E-state index contributed by atoms with van der Waals surface area (Å²) in [5.74, 6) is 3.45. The molecule has 1 saturated heterocycles. The fourth-order valence-corrected chi connectivity index (χ4v) is 3.68. The van der Waals surface area contributed by atoms with Gasteiger partial charge in [-0.3, -0.25) is 0 Å². The van der Waals surface area contributed by atoms with Crippen LogP contribution in [0.25, 0.3) is 11.0 Å². The smallest absolute Gasteiger partial charge is 0.127 e. The predicted molar refractivity (Wildman–Crippen MR) is 83.1 cm³/mol. The molecular formula is C14H18ClN3S. The lowest BCUT2D eigenvalue weighted by Gasteiger charge is -2.23. The lowest BCUT2D eigenvalue weighted by atomic mass is 10.3. The lowest BCUT2D eigenvalue weighted by Crippen LogP contribution is -2.32. The Morgan fingerprint density at radius 2 is 2.42 bits per heavy atom. The zero-order chi connectivity index (χ0) is 13.2. The second kappa shape index (κ2) is 5.73. The summed E-state index contributed by atoms with van der Waals surface area (Å²) in [6.45, 7) is 4.27. The van der Waals surface area contributed by atoms with Crippen molar-refractivity contribution in [3.05, 3.63) is 29.0 Å². The average Bonchev–Trinajstić information content (AvgIpc) is 2.78. The van der Waals surface area contributed by atoms with E-state index in [4.69, 9.17) is 16.6 Å². The molecule has 0 aliphatic carbocycles. The maximum absolute atomic E-state index is 6.07. The molecule has 1 aliphatic rings. The Morgan fingerprint density at radius 1 is 1.53 bits per heavy atom. The van der Waals surface area contributed by atoms with Crippen LogP contribution in [0.5, 0.6) is 0 Å². The summed E-state index contributed by atoms with van der Waals surface area (Å²) in [5, 5.41) is 4.33. The number of thioether (sulfide) groups is 1. The topological polar surface area (TPSA) is 29.9 Å². The molecule has 3 rings (SSSR count). The van der Waals surface area contributed by atoms with E-state index in [1.807, 2.05) is 23.9 Å². The Hall–Kier alpha value is -0.710. The normalized spacial score (nSPS) is 20.0. The van der Waals surface area contributed by atoms with Gasteiger partial charge in [0.25, 0.3) is 0 Å². The van der Waals surface area contributed by atoms with Crippen LogP contribution >= 0.6 is 23.4 Å². The zero-order valence-electron chi connectivity index (χ0n) is 11.0. The van der Waals surface area contributed by atoms with Gasteiger partial charge in [0.05, 0.1) is 17.1 Å². The van der Waals surface area contributed by atoms with Gasteiger partial charge in [-0.05, 0) is 24.6 Å². The molecule has 1 unspecified atom stereocenters. The molecule has 2 aromatic rings. The molecule has 1 aliphatic heterocycles. The molecule has 3 nitrogen and oxygen atoms in total. The second-order valence-corrected chi connectivity index (χ2v) is 6.42. The van der Waals surface area contributed by atoms with E-state index in [0.717, 1.165) is 41.6 Å². The lowest BCUT2D eigenvalue weighted by molar-refractivity contribution is 0.526. The molecule has 0 radical (unpaired) electrons. The van der Waals surface area contributed by atoms with Crippen molar-refractivity contribution in [1.29, 1.82) is 0 Å². The maximum Gasteiger partial charge on any atom is 0.127 e. The summed E-state index contributed by atoms with van der Waals surface area (Å²) in [6.07, 6.45) is 1.11. The van der Waals surface area contributed by atoms with E-state index < -0.39 is 0 Å². The number of fused-ring (bicyclic) bond motifs is 1. The number of nitrogens with one attached hydrogen (secondary N) is 1. The van der Waals surface area contributed by atoms with Crippen LogP contribution in [-0.2, 0) is 6.54 Å². The highest BCUT2D eigenvalue weighted by molar-refractivity contribution is 7.99. The third-order valence-corrected chi connectivity index (χ3v) is 4.72. The SMILES string of the molecule is CCCn1c(C2CSCCN2)nc2cc(Cl)ccc21. The van der Waals surface area contributed by atoms with Crippen molar-refractivity contribution < 1.29 is 0 Å². The first-order valence-corrected chi connectivity index (χ1v) is 8.29. The first kappa shape index (κ1) is 13.3. The number of imidazole rings is 1. The molecular weight excluding hydrogens is 278 g/mol. The number of aryl methyl sites for hydroxylation is 1. The van der Waals surface area contributed by atoms with Crippen molar-refractivity contribution in [3.63, 3.8) is 0 Å². The standard InChI is InChI=1S/C14H18ClN3S/c1-2-6-18-13-4-3-10(15)8-11(13)17-14(18)12-9-19-7-5-16-12/h3-4,8,12,16H,2,5-7,9H2,1H3. The molecule has 1 atom stereocenters. The van der Waals surface area contributed by atoms with E-state index in [2.05, 4.69) is 22.9 Å². The van der Waals surface area contributed by atoms with Gasteiger partial charge in [0.2, 0.25) is 0 Å². The number of rotatable bonds is 3. The summed E-state index contributed by atoms with van der Waals surface area (Å²) >= 11 is 8.07. The van der Waals surface area contributed by atoms with Gasteiger partial charge in [0, 0.05) is 29.6 Å². The minimum atomic E-state index is 0.358. The largest absolute Gasteiger partial charge is 0.327 e. The number of hydrogen-bond acceptors (Lipinski definition) is 3. The Kier molecular flexibility index (Phi) is 4.01. The Balaban J connectivity index is 2.08. The summed E-state index contributed by atoms with van der Waals surface area (Å²) in [5.41, 5.74) is 2.20. The molecule has 1 aromatic carbocycles. The van der Waals surface area contributed by atoms with E-state index in [0.29, 0.717) is 6.04 Å². The number of halogens is 1. The van der Waals surface area contributed by atoms with Gasteiger partial charge >= 0.3 is 0 Å². The molecule has 1 N–H and O–H groups in total. The van der Waals surface area contributed by atoms with Gasteiger partial charge in [0.1, 0.15) is 5.82 Å². The third-order valence-electron chi connectivity index (χ3n) is 3.42. The molecule has 1 aromatic heterocycles. The van der Waals surface area contributed by atoms with Crippen LogP contribution in [0.4, 0.5) is 0 Å². The summed E-state index contributed by atoms with van der Waals surface area (Å²) in [4.78, 5) is 4.82. The molecule has 1 fully saturated rings. The van der Waals surface area contributed by atoms with E-state index in [-0.39, 0.29) is 0 Å². The number of nitrogens with zero attached hydrogens (tertiary/aromatic N) is 2. The van der Waals surface area contributed by atoms with Gasteiger partial charge in [-0.1, -0.05) is 18.5 Å². The van der Waals surface area contributed by atoms with Crippen molar-refractivity contribution in [2.45, 2.75) is 25.9 Å². The second-order valence-electron chi connectivity index (χ2n) is 4.84.